The van der Waals surface area contributed by atoms with Crippen LogP contribution in [0.2, 0.25) is 0 Å². The largest absolute Gasteiger partial charge is 0.308 e. The molecule has 0 spiro atoms. The van der Waals surface area contributed by atoms with Crippen LogP contribution in [0.25, 0.3) is 0 Å². The standard InChI is InChI=1S/C11H18N2O4S2/c1-13(2)8-7-12-19(16,17)11-6-4-5-10(9-11)18(3,14)15/h4-6,9,12H,7-8H2,1-3H3. The van der Waals surface area contributed by atoms with Gasteiger partial charge < -0.3 is 4.90 Å². The highest BCUT2D eigenvalue weighted by Crippen LogP contribution is 2.15. The maximum absolute atomic E-state index is 12.0. The van der Waals surface area contributed by atoms with E-state index in [0.29, 0.717) is 6.54 Å². The third-order valence-corrected chi connectivity index (χ3v) is 4.96. The maximum Gasteiger partial charge on any atom is 0.240 e. The molecule has 0 aliphatic carbocycles. The summed E-state index contributed by atoms with van der Waals surface area (Å²) in [4.78, 5) is 1.78. The lowest BCUT2D eigenvalue weighted by molar-refractivity contribution is 0.412. The normalized spacial score (nSPS) is 12.8. The number of benzene rings is 1. The lowest BCUT2D eigenvalue weighted by Crippen LogP contribution is -2.31. The molecule has 0 radical (unpaired) electrons. The monoisotopic (exact) mass is 306 g/mol. The third-order valence-electron chi connectivity index (χ3n) is 2.40. The summed E-state index contributed by atoms with van der Waals surface area (Å²) in [6.45, 7) is 0.823. The van der Waals surface area contributed by atoms with Gasteiger partial charge in [0.2, 0.25) is 10.0 Å². The van der Waals surface area contributed by atoms with Crippen molar-refractivity contribution in [2.75, 3.05) is 33.4 Å². The molecule has 1 aromatic carbocycles. The van der Waals surface area contributed by atoms with Gasteiger partial charge >= 0.3 is 0 Å². The smallest absolute Gasteiger partial charge is 0.240 e. The molecule has 1 rings (SSSR count). The van der Waals surface area contributed by atoms with E-state index >= 15 is 0 Å². The minimum Gasteiger partial charge on any atom is -0.308 e. The molecule has 0 unspecified atom stereocenters. The van der Waals surface area contributed by atoms with Gasteiger partial charge in [-0.15, -0.1) is 0 Å². The summed E-state index contributed by atoms with van der Waals surface area (Å²) in [5.41, 5.74) is 0. The molecule has 108 valence electrons. The van der Waals surface area contributed by atoms with E-state index in [1.807, 2.05) is 19.0 Å². The fourth-order valence-corrected chi connectivity index (χ4v) is 3.17. The summed E-state index contributed by atoms with van der Waals surface area (Å²) in [6, 6.07) is 5.31. The van der Waals surface area contributed by atoms with Crippen molar-refractivity contribution in [3.63, 3.8) is 0 Å². The summed E-state index contributed by atoms with van der Waals surface area (Å²) < 4.78 is 49.1. The van der Waals surface area contributed by atoms with Gasteiger partial charge in [0.1, 0.15) is 0 Å². The number of nitrogens with one attached hydrogen (secondary N) is 1. The van der Waals surface area contributed by atoms with Crippen LogP contribution in [0.5, 0.6) is 0 Å². The van der Waals surface area contributed by atoms with Crippen LogP contribution in [0.1, 0.15) is 0 Å². The Morgan fingerprint density at radius 2 is 1.68 bits per heavy atom. The van der Waals surface area contributed by atoms with Crippen molar-refractivity contribution in [2.24, 2.45) is 0 Å². The van der Waals surface area contributed by atoms with E-state index in [-0.39, 0.29) is 16.3 Å². The molecule has 0 amide bonds. The van der Waals surface area contributed by atoms with Gasteiger partial charge in [-0.05, 0) is 32.3 Å². The Hall–Kier alpha value is -0.960. The minimum absolute atomic E-state index is 0.0111. The lowest BCUT2D eigenvalue weighted by atomic mass is 10.4. The Balaban J connectivity index is 2.96. The average Bonchev–Trinajstić information content (AvgIpc) is 2.27. The molecule has 8 heteroatoms. The maximum atomic E-state index is 12.0. The summed E-state index contributed by atoms with van der Waals surface area (Å²) in [6.07, 6.45) is 1.04. The van der Waals surface area contributed by atoms with Crippen LogP contribution < -0.4 is 4.72 Å². The first-order valence-electron chi connectivity index (χ1n) is 5.57. The van der Waals surface area contributed by atoms with Crippen LogP contribution in [0.4, 0.5) is 0 Å². The van der Waals surface area contributed by atoms with Crippen LogP contribution in [0, 0.1) is 0 Å². The van der Waals surface area contributed by atoms with Crippen molar-refractivity contribution < 1.29 is 16.8 Å². The molecular formula is C11H18N2O4S2. The fraction of sp³-hybridized carbons (Fsp3) is 0.455. The molecule has 0 saturated heterocycles. The minimum atomic E-state index is -3.68. The highest BCUT2D eigenvalue weighted by Gasteiger charge is 2.16. The first-order valence-corrected chi connectivity index (χ1v) is 8.95. The molecule has 1 aromatic rings. The first-order chi connectivity index (χ1) is 8.63. The SMILES string of the molecule is CN(C)CCNS(=O)(=O)c1cccc(S(C)(=O)=O)c1. The fourth-order valence-electron chi connectivity index (χ4n) is 1.36. The zero-order chi connectivity index (χ0) is 14.7. The highest BCUT2D eigenvalue weighted by molar-refractivity contribution is 7.91. The molecule has 0 atom stereocenters. The van der Waals surface area contributed by atoms with Crippen LogP contribution in [-0.4, -0.2) is 55.2 Å². The first kappa shape index (κ1) is 16.1. The molecule has 0 heterocycles. The van der Waals surface area contributed by atoms with Gasteiger partial charge in [-0.25, -0.2) is 21.6 Å². The molecule has 19 heavy (non-hydrogen) atoms. The van der Waals surface area contributed by atoms with Gasteiger partial charge in [0.05, 0.1) is 9.79 Å². The molecule has 1 N–H and O–H groups in total. The van der Waals surface area contributed by atoms with Gasteiger partial charge in [-0.1, -0.05) is 6.07 Å². The second-order valence-corrected chi connectivity index (χ2v) is 8.23. The van der Waals surface area contributed by atoms with Crippen LogP contribution in [-0.2, 0) is 19.9 Å². The van der Waals surface area contributed by atoms with Crippen LogP contribution in [0.15, 0.2) is 34.1 Å². The average molecular weight is 306 g/mol. The van der Waals surface area contributed by atoms with Gasteiger partial charge in [0, 0.05) is 19.3 Å². The van der Waals surface area contributed by atoms with E-state index < -0.39 is 19.9 Å². The molecule has 6 nitrogen and oxygen atoms in total. The summed E-state index contributed by atoms with van der Waals surface area (Å²) in [5.74, 6) is 0. The van der Waals surface area contributed by atoms with Crippen molar-refractivity contribution in [1.82, 2.24) is 9.62 Å². The Morgan fingerprint density at radius 3 is 2.21 bits per heavy atom. The second-order valence-electron chi connectivity index (χ2n) is 4.45. The summed E-state index contributed by atoms with van der Waals surface area (Å²) >= 11 is 0. The van der Waals surface area contributed by atoms with E-state index in [1.54, 1.807) is 0 Å². The Labute approximate surface area is 114 Å². The molecule has 0 aliphatic rings. The quantitative estimate of drug-likeness (QED) is 0.795. The number of nitrogens with zero attached hydrogens (tertiary/aromatic N) is 1. The van der Waals surface area contributed by atoms with Crippen molar-refractivity contribution >= 4 is 19.9 Å². The number of sulfonamides is 1. The van der Waals surface area contributed by atoms with E-state index in [1.165, 1.54) is 18.2 Å². The van der Waals surface area contributed by atoms with Crippen LogP contribution >= 0.6 is 0 Å². The molecule has 0 fully saturated rings. The molecule has 0 aliphatic heterocycles. The van der Waals surface area contributed by atoms with Gasteiger partial charge in [-0.2, -0.15) is 0 Å². The molecule has 0 bridgehead atoms. The predicted octanol–water partition coefficient (Wildman–Crippen LogP) is -0.0700. The van der Waals surface area contributed by atoms with Gasteiger partial charge in [-0.3, -0.25) is 0 Å². The predicted molar refractivity (Wildman–Crippen MR) is 73.3 cm³/mol. The number of rotatable bonds is 6. The summed E-state index contributed by atoms with van der Waals surface area (Å²) in [5, 5.41) is 0. The van der Waals surface area contributed by atoms with E-state index in [9.17, 15) is 16.8 Å². The van der Waals surface area contributed by atoms with Gasteiger partial charge in [0.25, 0.3) is 0 Å². The lowest BCUT2D eigenvalue weighted by Gasteiger charge is -2.11. The Morgan fingerprint density at radius 1 is 1.11 bits per heavy atom. The molecule has 0 saturated carbocycles. The number of hydrogen-bond acceptors (Lipinski definition) is 5. The topological polar surface area (TPSA) is 83.6 Å². The van der Waals surface area contributed by atoms with Gasteiger partial charge in [0.15, 0.2) is 9.84 Å². The van der Waals surface area contributed by atoms with Crippen LogP contribution in [0.3, 0.4) is 0 Å². The number of sulfone groups is 1. The van der Waals surface area contributed by atoms with E-state index in [2.05, 4.69) is 4.72 Å². The second kappa shape index (κ2) is 6.00. The number of hydrogen-bond donors (Lipinski definition) is 1. The van der Waals surface area contributed by atoms with Crippen molar-refractivity contribution in [3.8, 4) is 0 Å². The van der Waals surface area contributed by atoms with Crippen molar-refractivity contribution in [3.05, 3.63) is 24.3 Å². The summed E-state index contributed by atoms with van der Waals surface area (Å²) in [7, 11) is -3.44. The van der Waals surface area contributed by atoms with Crippen molar-refractivity contribution in [1.29, 1.82) is 0 Å². The Bertz CT molecular complexity index is 636. The third kappa shape index (κ3) is 4.90. The van der Waals surface area contributed by atoms with E-state index in [4.69, 9.17) is 0 Å². The molecular weight excluding hydrogens is 288 g/mol. The van der Waals surface area contributed by atoms with Crippen molar-refractivity contribution in [2.45, 2.75) is 9.79 Å². The highest BCUT2D eigenvalue weighted by atomic mass is 32.2. The molecule has 0 aromatic heterocycles. The number of likely N-dealkylation sites (N-methyl/N-ethyl adjacent to an activating group) is 1. The van der Waals surface area contributed by atoms with E-state index in [0.717, 1.165) is 12.3 Å². The zero-order valence-corrected chi connectivity index (χ0v) is 12.8. The Kier molecular flexibility index (Phi) is 5.08. The zero-order valence-electron chi connectivity index (χ0n) is 11.1.